The number of rotatable bonds is 7. The van der Waals surface area contributed by atoms with Crippen molar-refractivity contribution >= 4 is 23.2 Å². The predicted molar refractivity (Wildman–Crippen MR) is 87.5 cm³/mol. The molecule has 2 aromatic heterocycles. The summed E-state index contributed by atoms with van der Waals surface area (Å²) >= 11 is 1.37. The second kappa shape index (κ2) is 7.91. The van der Waals surface area contributed by atoms with Gasteiger partial charge in [0.15, 0.2) is 5.82 Å². The predicted octanol–water partition coefficient (Wildman–Crippen LogP) is 1.27. The van der Waals surface area contributed by atoms with E-state index in [-0.39, 0.29) is 18.3 Å². The summed E-state index contributed by atoms with van der Waals surface area (Å²) in [5.41, 5.74) is 0. The molecule has 2 aromatic rings. The highest BCUT2D eigenvalue weighted by molar-refractivity contribution is 7.13. The first-order chi connectivity index (χ1) is 11.4. The lowest BCUT2D eigenvalue weighted by Crippen LogP contribution is -2.44. The maximum absolute atomic E-state index is 12.3. The van der Waals surface area contributed by atoms with E-state index in [1.807, 2.05) is 19.2 Å². The van der Waals surface area contributed by atoms with E-state index >= 15 is 0 Å². The summed E-state index contributed by atoms with van der Waals surface area (Å²) in [5, 5.41) is 8.13. The molecule has 1 atom stereocenters. The van der Waals surface area contributed by atoms with Gasteiger partial charge in [-0.25, -0.2) is 14.2 Å². The van der Waals surface area contributed by atoms with Crippen LogP contribution in [0.1, 0.15) is 20.3 Å². The van der Waals surface area contributed by atoms with Crippen LogP contribution < -0.4 is 11.1 Å². The quantitative estimate of drug-likeness (QED) is 0.752. The minimum atomic E-state index is -0.761. The highest BCUT2D eigenvalue weighted by Gasteiger charge is 2.24. The third-order valence-corrected chi connectivity index (χ3v) is 4.12. The maximum atomic E-state index is 12.3. The van der Waals surface area contributed by atoms with Crippen molar-refractivity contribution in [1.29, 1.82) is 0 Å². The van der Waals surface area contributed by atoms with Crippen LogP contribution in [0.3, 0.4) is 0 Å². The molecule has 1 amide bonds. The number of ether oxygens (including phenoxy) is 1. The van der Waals surface area contributed by atoms with Gasteiger partial charge in [-0.2, -0.15) is 0 Å². The molecule has 0 aliphatic carbocycles. The van der Waals surface area contributed by atoms with Crippen molar-refractivity contribution in [3.63, 3.8) is 0 Å². The summed E-state index contributed by atoms with van der Waals surface area (Å²) in [7, 11) is 1.27. The zero-order chi connectivity index (χ0) is 17.7. The molecule has 0 radical (unpaired) electrons. The fourth-order valence-corrected chi connectivity index (χ4v) is 2.92. The van der Waals surface area contributed by atoms with Crippen LogP contribution in [0, 0.1) is 5.92 Å². The first-order valence-corrected chi connectivity index (χ1v) is 8.28. The Hall–Kier alpha value is -2.42. The number of methoxy groups -OCH3 is 1. The van der Waals surface area contributed by atoms with E-state index in [1.165, 1.54) is 18.4 Å². The Morgan fingerprint density at radius 2 is 2.21 bits per heavy atom. The molecular formula is C15H19N3O5S. The normalized spacial score (nSPS) is 12.2. The number of aromatic nitrogens is 2. The van der Waals surface area contributed by atoms with E-state index in [4.69, 9.17) is 4.74 Å². The fraction of sp³-hybridized carbons (Fsp3) is 0.467. The molecule has 130 valence electrons. The monoisotopic (exact) mass is 353 g/mol. The Kier molecular flexibility index (Phi) is 5.91. The van der Waals surface area contributed by atoms with E-state index in [0.717, 1.165) is 4.57 Å². The van der Waals surface area contributed by atoms with Crippen LogP contribution in [-0.4, -0.2) is 34.8 Å². The third kappa shape index (κ3) is 4.31. The van der Waals surface area contributed by atoms with Crippen LogP contribution in [0.5, 0.6) is 0 Å². The Morgan fingerprint density at radius 1 is 1.46 bits per heavy atom. The van der Waals surface area contributed by atoms with E-state index in [2.05, 4.69) is 15.0 Å². The Morgan fingerprint density at radius 3 is 2.79 bits per heavy atom. The highest BCUT2D eigenvalue weighted by Crippen LogP contribution is 2.21. The molecule has 8 nitrogen and oxygen atoms in total. The molecule has 0 aliphatic rings. The molecule has 0 unspecified atom stereocenters. The van der Waals surface area contributed by atoms with Crippen molar-refractivity contribution in [2.45, 2.75) is 32.9 Å². The molecule has 24 heavy (non-hydrogen) atoms. The number of esters is 1. The Labute approximate surface area is 142 Å². The van der Waals surface area contributed by atoms with Crippen molar-refractivity contribution in [3.8, 4) is 10.7 Å². The highest BCUT2D eigenvalue weighted by atomic mass is 32.1. The number of thiophene rings is 1. The number of carbonyl (C=O) groups is 2. The second-order valence-electron chi connectivity index (χ2n) is 5.61. The summed E-state index contributed by atoms with van der Waals surface area (Å²) < 4.78 is 10.5. The summed E-state index contributed by atoms with van der Waals surface area (Å²) in [6.07, 6.45) is 0.439. The Balaban J connectivity index is 2.13. The lowest BCUT2D eigenvalue weighted by Gasteiger charge is -2.18. The van der Waals surface area contributed by atoms with Crippen LogP contribution in [0.4, 0.5) is 0 Å². The maximum Gasteiger partial charge on any atom is 0.442 e. The van der Waals surface area contributed by atoms with E-state index in [1.54, 1.807) is 12.1 Å². The molecule has 0 spiro atoms. The fourth-order valence-electron chi connectivity index (χ4n) is 2.20. The number of carbonyl (C=O) groups excluding carboxylic acids is 2. The second-order valence-corrected chi connectivity index (χ2v) is 6.56. The van der Waals surface area contributed by atoms with Crippen LogP contribution in [0.25, 0.3) is 10.7 Å². The summed E-state index contributed by atoms with van der Waals surface area (Å²) in [6, 6.07) is 2.81. The van der Waals surface area contributed by atoms with Crippen molar-refractivity contribution in [3.05, 3.63) is 28.1 Å². The smallest absolute Gasteiger partial charge is 0.442 e. The molecule has 0 aromatic carbocycles. The van der Waals surface area contributed by atoms with Gasteiger partial charge in [-0.05, 0) is 23.8 Å². The van der Waals surface area contributed by atoms with Gasteiger partial charge < -0.3 is 10.1 Å². The molecule has 0 fully saturated rings. The average Bonchev–Trinajstić information content (AvgIpc) is 3.16. The summed E-state index contributed by atoms with van der Waals surface area (Å²) in [4.78, 5) is 36.5. The lowest BCUT2D eigenvalue weighted by molar-refractivity contribution is -0.145. The van der Waals surface area contributed by atoms with Gasteiger partial charge in [0.2, 0.25) is 5.91 Å². The number of nitrogens with one attached hydrogen (secondary N) is 1. The largest absolute Gasteiger partial charge is 0.467 e. The van der Waals surface area contributed by atoms with Crippen LogP contribution in [-0.2, 0) is 20.9 Å². The average molecular weight is 353 g/mol. The number of hydrogen-bond donors (Lipinski definition) is 1. The topological polar surface area (TPSA) is 103 Å². The van der Waals surface area contributed by atoms with E-state index in [0.29, 0.717) is 11.3 Å². The first kappa shape index (κ1) is 17.9. The minimum Gasteiger partial charge on any atom is -0.467 e. The van der Waals surface area contributed by atoms with Crippen LogP contribution in [0.2, 0.25) is 0 Å². The van der Waals surface area contributed by atoms with Crippen LogP contribution >= 0.6 is 11.3 Å². The number of nitrogens with zero attached hydrogens (tertiary/aromatic N) is 2. The van der Waals surface area contributed by atoms with Gasteiger partial charge in [-0.15, -0.1) is 11.3 Å². The van der Waals surface area contributed by atoms with Gasteiger partial charge in [-0.3, -0.25) is 9.32 Å². The molecule has 2 rings (SSSR count). The van der Waals surface area contributed by atoms with Gasteiger partial charge in [-0.1, -0.05) is 25.1 Å². The van der Waals surface area contributed by atoms with Crippen molar-refractivity contribution in [2.75, 3.05) is 7.11 Å². The molecule has 0 bridgehead atoms. The summed E-state index contributed by atoms with van der Waals surface area (Å²) in [6.45, 7) is 3.57. The van der Waals surface area contributed by atoms with Gasteiger partial charge in [0.25, 0.3) is 0 Å². The van der Waals surface area contributed by atoms with Crippen molar-refractivity contribution in [1.82, 2.24) is 15.0 Å². The molecule has 1 N–H and O–H groups in total. The Bertz CT molecular complexity index is 748. The summed E-state index contributed by atoms with van der Waals surface area (Å²) in [5.74, 6) is -1.27. The van der Waals surface area contributed by atoms with E-state index < -0.39 is 23.7 Å². The van der Waals surface area contributed by atoms with E-state index in [9.17, 15) is 14.4 Å². The van der Waals surface area contributed by atoms with Gasteiger partial charge >= 0.3 is 11.7 Å². The first-order valence-electron chi connectivity index (χ1n) is 7.40. The van der Waals surface area contributed by atoms with Crippen LogP contribution in [0.15, 0.2) is 26.8 Å². The lowest BCUT2D eigenvalue weighted by atomic mass is 10.0. The molecule has 9 heteroatoms. The van der Waals surface area contributed by atoms with Crippen molar-refractivity contribution in [2.24, 2.45) is 5.92 Å². The molecule has 2 heterocycles. The zero-order valence-corrected chi connectivity index (χ0v) is 14.5. The van der Waals surface area contributed by atoms with Gasteiger partial charge in [0, 0.05) is 0 Å². The SMILES string of the molecule is COC(=O)[C@@H](CC(C)C)NC(=O)Cn1c(-c2cccs2)noc1=O. The molecular weight excluding hydrogens is 334 g/mol. The number of hydrogen-bond acceptors (Lipinski definition) is 7. The van der Waals surface area contributed by atoms with Gasteiger partial charge in [0.05, 0.1) is 12.0 Å². The van der Waals surface area contributed by atoms with Crippen molar-refractivity contribution < 1.29 is 18.8 Å². The molecule has 0 saturated heterocycles. The molecule has 0 saturated carbocycles. The zero-order valence-electron chi connectivity index (χ0n) is 13.6. The van der Waals surface area contributed by atoms with Gasteiger partial charge in [0.1, 0.15) is 12.6 Å². The third-order valence-electron chi connectivity index (χ3n) is 3.26. The standard InChI is InChI=1S/C15H19N3O5S/c1-9(2)7-10(14(20)22-3)16-12(19)8-18-13(17-23-15(18)21)11-5-4-6-24-11/h4-6,9-10H,7-8H2,1-3H3,(H,16,19)/t10-/m1/s1. The number of amides is 1. The molecule has 0 aliphatic heterocycles. The minimum absolute atomic E-state index is 0.189.